The molecule has 0 saturated heterocycles. The zero-order valence-electron chi connectivity index (χ0n) is 27.2. The normalized spacial score (nSPS) is 14.8. The number of fused-ring (bicyclic) bond motifs is 4. The Kier molecular flexibility index (Phi) is 10.7. The van der Waals surface area contributed by atoms with Gasteiger partial charge in [0.05, 0.1) is 11.4 Å². The average Bonchev–Trinajstić information content (AvgIpc) is 3.64. The van der Waals surface area contributed by atoms with Crippen molar-refractivity contribution < 1.29 is 4.42 Å². The van der Waals surface area contributed by atoms with Crippen LogP contribution in [0.3, 0.4) is 0 Å². The van der Waals surface area contributed by atoms with Gasteiger partial charge in [0.1, 0.15) is 11.2 Å². The SMILES string of the molecule is C=C.CC.CC.CCC1(C)CN(c2ccccc2Nc2ccc3oc4ccccc4c3c2-c2ccccc2)c2ccccc21. The average molecular weight is 583 g/mol. The van der Waals surface area contributed by atoms with Crippen molar-refractivity contribution in [2.45, 2.75) is 53.4 Å². The lowest BCUT2D eigenvalue weighted by Crippen LogP contribution is -2.27. The molecule has 2 heterocycles. The van der Waals surface area contributed by atoms with Gasteiger partial charge in [0, 0.05) is 39.7 Å². The Hall–Kier alpha value is -4.76. The molecule has 1 unspecified atom stereocenters. The molecule has 44 heavy (non-hydrogen) atoms. The second-order valence-corrected chi connectivity index (χ2v) is 10.5. The van der Waals surface area contributed by atoms with Crippen molar-refractivity contribution in [2.24, 2.45) is 0 Å². The number of benzene rings is 5. The molecule has 0 fully saturated rings. The fourth-order valence-corrected chi connectivity index (χ4v) is 6.04. The molecular weight excluding hydrogens is 536 g/mol. The monoisotopic (exact) mass is 582 g/mol. The van der Waals surface area contributed by atoms with E-state index in [0.29, 0.717) is 0 Å². The Bertz CT molecular complexity index is 1800. The van der Waals surface area contributed by atoms with E-state index in [-0.39, 0.29) is 5.41 Å². The molecule has 0 aliphatic carbocycles. The van der Waals surface area contributed by atoms with Gasteiger partial charge in [-0.05, 0) is 53.9 Å². The minimum Gasteiger partial charge on any atom is -0.456 e. The van der Waals surface area contributed by atoms with E-state index < -0.39 is 0 Å². The third-order valence-electron chi connectivity index (χ3n) is 8.20. The first-order valence-electron chi connectivity index (χ1n) is 15.9. The van der Waals surface area contributed by atoms with Crippen LogP contribution in [0.5, 0.6) is 0 Å². The van der Waals surface area contributed by atoms with Crippen LogP contribution in [-0.2, 0) is 5.41 Å². The van der Waals surface area contributed by atoms with Crippen LogP contribution in [0, 0.1) is 0 Å². The van der Waals surface area contributed by atoms with Gasteiger partial charge in [-0.15, -0.1) is 13.2 Å². The van der Waals surface area contributed by atoms with Crippen LogP contribution in [0.1, 0.15) is 53.5 Å². The first kappa shape index (κ1) is 32.2. The maximum atomic E-state index is 6.26. The molecular formula is C41H46N2O. The molecule has 7 rings (SSSR count). The Morgan fingerprint density at radius 2 is 1.30 bits per heavy atom. The third-order valence-corrected chi connectivity index (χ3v) is 8.20. The summed E-state index contributed by atoms with van der Waals surface area (Å²) in [6.45, 7) is 19.6. The second-order valence-electron chi connectivity index (χ2n) is 10.5. The van der Waals surface area contributed by atoms with Gasteiger partial charge in [-0.3, -0.25) is 0 Å². The van der Waals surface area contributed by atoms with Gasteiger partial charge in [0.2, 0.25) is 0 Å². The first-order valence-corrected chi connectivity index (χ1v) is 15.9. The molecule has 1 atom stereocenters. The van der Waals surface area contributed by atoms with Crippen LogP contribution in [0.25, 0.3) is 33.1 Å². The van der Waals surface area contributed by atoms with Crippen LogP contribution in [-0.4, -0.2) is 6.54 Å². The van der Waals surface area contributed by atoms with Gasteiger partial charge in [0.25, 0.3) is 0 Å². The molecule has 1 aromatic heterocycles. The summed E-state index contributed by atoms with van der Waals surface area (Å²) in [5.41, 5.74) is 10.3. The maximum absolute atomic E-state index is 6.26. The Morgan fingerprint density at radius 1 is 0.682 bits per heavy atom. The number of furan rings is 1. The van der Waals surface area contributed by atoms with Crippen molar-refractivity contribution in [3.05, 3.63) is 134 Å². The van der Waals surface area contributed by atoms with E-state index in [1.807, 2.05) is 39.8 Å². The lowest BCUT2D eigenvalue weighted by Gasteiger charge is -2.27. The highest BCUT2D eigenvalue weighted by molar-refractivity contribution is 6.15. The van der Waals surface area contributed by atoms with Crippen LogP contribution in [0.15, 0.2) is 133 Å². The summed E-state index contributed by atoms with van der Waals surface area (Å²) in [7, 11) is 0. The van der Waals surface area contributed by atoms with E-state index in [1.54, 1.807) is 0 Å². The lowest BCUT2D eigenvalue weighted by molar-refractivity contribution is 0.492. The summed E-state index contributed by atoms with van der Waals surface area (Å²) in [5.74, 6) is 0. The molecule has 1 aliphatic rings. The molecule has 1 aliphatic heterocycles. The first-order chi connectivity index (χ1) is 21.7. The Labute approximate surface area is 263 Å². The molecule has 0 amide bonds. The number of nitrogens with zero attached hydrogens (tertiary/aromatic N) is 1. The number of rotatable bonds is 5. The lowest BCUT2D eigenvalue weighted by atomic mass is 9.82. The molecule has 3 heteroatoms. The van der Waals surface area contributed by atoms with Crippen LogP contribution < -0.4 is 10.2 Å². The highest BCUT2D eigenvalue weighted by Gasteiger charge is 2.38. The summed E-state index contributed by atoms with van der Waals surface area (Å²) < 4.78 is 6.26. The van der Waals surface area contributed by atoms with E-state index in [9.17, 15) is 0 Å². The number of anilines is 4. The quantitative estimate of drug-likeness (QED) is 0.205. The number of para-hydroxylation sites is 4. The summed E-state index contributed by atoms with van der Waals surface area (Å²) >= 11 is 0. The number of nitrogens with one attached hydrogen (secondary N) is 1. The summed E-state index contributed by atoms with van der Waals surface area (Å²) in [6, 6.07) is 40.7. The van der Waals surface area contributed by atoms with E-state index in [1.165, 1.54) is 16.9 Å². The van der Waals surface area contributed by atoms with Crippen molar-refractivity contribution in [1.29, 1.82) is 0 Å². The highest BCUT2D eigenvalue weighted by atomic mass is 16.3. The minimum absolute atomic E-state index is 0.119. The fraction of sp³-hybridized carbons (Fsp3) is 0.220. The van der Waals surface area contributed by atoms with Gasteiger partial charge < -0.3 is 14.6 Å². The molecule has 0 saturated carbocycles. The predicted octanol–water partition coefficient (Wildman–Crippen LogP) is 12.7. The predicted molar refractivity (Wildman–Crippen MR) is 194 cm³/mol. The van der Waals surface area contributed by atoms with E-state index in [4.69, 9.17) is 4.42 Å². The summed E-state index contributed by atoms with van der Waals surface area (Å²) in [6.07, 6.45) is 1.10. The number of hydrogen-bond donors (Lipinski definition) is 1. The Morgan fingerprint density at radius 3 is 2.02 bits per heavy atom. The number of hydrogen-bond acceptors (Lipinski definition) is 3. The molecule has 226 valence electrons. The van der Waals surface area contributed by atoms with Gasteiger partial charge >= 0.3 is 0 Å². The topological polar surface area (TPSA) is 28.4 Å². The Balaban J connectivity index is 0.000000696. The van der Waals surface area contributed by atoms with Crippen molar-refractivity contribution in [1.82, 2.24) is 0 Å². The zero-order valence-corrected chi connectivity index (χ0v) is 27.2. The van der Waals surface area contributed by atoms with Crippen molar-refractivity contribution >= 4 is 44.7 Å². The van der Waals surface area contributed by atoms with E-state index in [0.717, 1.165) is 57.4 Å². The largest absolute Gasteiger partial charge is 0.456 e. The van der Waals surface area contributed by atoms with Gasteiger partial charge in [0.15, 0.2) is 0 Å². The zero-order chi connectivity index (χ0) is 31.7. The van der Waals surface area contributed by atoms with E-state index in [2.05, 4.69) is 140 Å². The maximum Gasteiger partial charge on any atom is 0.136 e. The highest BCUT2D eigenvalue weighted by Crippen LogP contribution is 2.49. The van der Waals surface area contributed by atoms with Gasteiger partial charge in [-0.1, -0.05) is 120 Å². The van der Waals surface area contributed by atoms with Crippen LogP contribution >= 0.6 is 0 Å². The molecule has 0 radical (unpaired) electrons. The molecule has 0 bridgehead atoms. The molecule has 3 nitrogen and oxygen atoms in total. The molecule has 1 N–H and O–H groups in total. The second kappa shape index (κ2) is 14.6. The molecule has 0 spiro atoms. The molecule has 6 aromatic rings. The fourth-order valence-electron chi connectivity index (χ4n) is 6.04. The molecule has 5 aromatic carbocycles. The van der Waals surface area contributed by atoms with Crippen LogP contribution in [0.2, 0.25) is 0 Å². The minimum atomic E-state index is 0.119. The van der Waals surface area contributed by atoms with Crippen molar-refractivity contribution in [3.63, 3.8) is 0 Å². The summed E-state index contributed by atoms with van der Waals surface area (Å²) in [5, 5.41) is 6.12. The van der Waals surface area contributed by atoms with Crippen molar-refractivity contribution in [2.75, 3.05) is 16.8 Å². The summed E-state index contributed by atoms with van der Waals surface area (Å²) in [4.78, 5) is 2.48. The van der Waals surface area contributed by atoms with Crippen LogP contribution in [0.4, 0.5) is 22.7 Å². The van der Waals surface area contributed by atoms with E-state index >= 15 is 0 Å². The third kappa shape index (κ3) is 5.88. The standard InChI is InChI=1S/C35H30N2O.2C2H6.C2H4/c1-3-35(2)23-37(29-18-10-8-16-26(29)35)30-19-11-9-17-27(30)36-28-21-22-32-34(25-15-7-12-20-31(25)38-32)33(28)24-13-5-4-6-14-24;3*1-2/h4-22,36H,3,23H2,1-2H3;2*1-2H3;1-2H2. The van der Waals surface area contributed by atoms with Gasteiger partial charge in [-0.25, -0.2) is 0 Å². The smallest absolute Gasteiger partial charge is 0.136 e. The van der Waals surface area contributed by atoms with Crippen molar-refractivity contribution in [3.8, 4) is 11.1 Å². The van der Waals surface area contributed by atoms with Gasteiger partial charge in [-0.2, -0.15) is 0 Å².